The molecule has 11 nitrogen and oxygen atoms in total. The van der Waals surface area contributed by atoms with Crippen LogP contribution in [0.25, 0.3) is 11.0 Å². The number of carbonyl (C=O) groups is 3. The summed E-state index contributed by atoms with van der Waals surface area (Å²) in [5.74, 6) is -2.39. The van der Waals surface area contributed by atoms with Crippen molar-refractivity contribution in [3.63, 3.8) is 0 Å². The first kappa shape index (κ1) is 20.8. The summed E-state index contributed by atoms with van der Waals surface area (Å²) < 4.78 is 7.82. The number of rotatable bonds is 6. The van der Waals surface area contributed by atoms with Crippen LogP contribution in [0.2, 0.25) is 0 Å². The highest BCUT2D eigenvalue weighted by atomic mass is 16.5. The van der Waals surface area contributed by atoms with Crippen molar-refractivity contribution < 1.29 is 24.2 Å². The molecule has 5 rings (SSSR count). The first-order valence-electron chi connectivity index (χ1n) is 10.8. The summed E-state index contributed by atoms with van der Waals surface area (Å²) in [6.07, 6.45) is 0.700. The van der Waals surface area contributed by atoms with E-state index in [9.17, 15) is 19.5 Å². The van der Waals surface area contributed by atoms with Crippen LogP contribution in [-0.4, -0.2) is 80.2 Å². The number of para-hydroxylation sites is 1. The van der Waals surface area contributed by atoms with Crippen molar-refractivity contribution in [2.45, 2.75) is 50.2 Å². The summed E-state index contributed by atoms with van der Waals surface area (Å²) in [6.45, 7) is 1.44. The second-order valence-electron chi connectivity index (χ2n) is 8.72. The fourth-order valence-electron chi connectivity index (χ4n) is 5.70. The standard InChI is InChI=1S/C21H26N6O5/c1-11(9-28)27-17(19(30)23-10-26-13-6-4-3-5-12(13)24-25-26)21-8-7-14(32-21)15(18(29)22-2)16(21)20(27)31/h3-6,11,14-17,28H,7-10H2,1-2H3,(H,22,29)(H,23,30)/t11-,14+,15-,16+,17?,21?/m1/s1. The Hall–Kier alpha value is -3.05. The number of nitrogens with zero attached hydrogens (tertiary/aromatic N) is 4. The van der Waals surface area contributed by atoms with Crippen LogP contribution in [-0.2, 0) is 25.8 Å². The molecule has 2 unspecified atom stereocenters. The average molecular weight is 442 g/mol. The van der Waals surface area contributed by atoms with E-state index < -0.39 is 41.5 Å². The fourth-order valence-corrected chi connectivity index (χ4v) is 5.70. The minimum absolute atomic E-state index is 0.0639. The Morgan fingerprint density at radius 2 is 2.12 bits per heavy atom. The van der Waals surface area contributed by atoms with Crippen LogP contribution < -0.4 is 10.6 Å². The minimum Gasteiger partial charge on any atom is -0.394 e. The third kappa shape index (κ3) is 2.77. The first-order valence-corrected chi connectivity index (χ1v) is 10.8. The van der Waals surface area contributed by atoms with Crippen molar-refractivity contribution in [3.8, 4) is 0 Å². The molecule has 3 aliphatic heterocycles. The molecular formula is C21H26N6O5. The highest BCUT2D eigenvalue weighted by Gasteiger charge is 2.74. The van der Waals surface area contributed by atoms with Gasteiger partial charge in [-0.15, -0.1) is 5.10 Å². The molecule has 11 heteroatoms. The second kappa shape index (κ2) is 7.52. The lowest BCUT2D eigenvalue weighted by Gasteiger charge is -2.35. The molecule has 3 fully saturated rings. The Balaban J connectivity index is 1.46. The van der Waals surface area contributed by atoms with Gasteiger partial charge in [-0.25, -0.2) is 4.68 Å². The number of aliphatic hydroxyl groups excluding tert-OH is 1. The van der Waals surface area contributed by atoms with Crippen LogP contribution in [0, 0.1) is 11.8 Å². The molecule has 4 heterocycles. The van der Waals surface area contributed by atoms with E-state index in [0.29, 0.717) is 18.4 Å². The summed E-state index contributed by atoms with van der Waals surface area (Å²) in [5.41, 5.74) is 0.388. The van der Waals surface area contributed by atoms with Crippen molar-refractivity contribution in [3.05, 3.63) is 24.3 Å². The first-order chi connectivity index (χ1) is 15.4. The number of aliphatic hydroxyl groups is 1. The van der Waals surface area contributed by atoms with Crippen molar-refractivity contribution in [2.75, 3.05) is 13.7 Å². The maximum absolute atomic E-state index is 13.5. The molecule has 3 aliphatic rings. The van der Waals surface area contributed by atoms with Crippen LogP contribution in [0.1, 0.15) is 19.8 Å². The molecule has 2 bridgehead atoms. The number of ether oxygens (including phenoxy) is 1. The maximum Gasteiger partial charge on any atom is 0.247 e. The number of aromatic nitrogens is 3. The smallest absolute Gasteiger partial charge is 0.247 e. The predicted octanol–water partition coefficient (Wildman–Crippen LogP) is -0.994. The number of nitrogens with one attached hydrogen (secondary N) is 2. The summed E-state index contributed by atoms with van der Waals surface area (Å²) in [6, 6.07) is 5.85. The van der Waals surface area contributed by atoms with E-state index in [4.69, 9.17) is 4.74 Å². The van der Waals surface area contributed by atoms with Gasteiger partial charge in [-0.2, -0.15) is 0 Å². The highest BCUT2D eigenvalue weighted by molar-refractivity contribution is 5.99. The van der Waals surface area contributed by atoms with Crippen LogP contribution in [0.4, 0.5) is 0 Å². The van der Waals surface area contributed by atoms with Gasteiger partial charge < -0.3 is 25.4 Å². The molecule has 6 atom stereocenters. The Morgan fingerprint density at radius 3 is 2.88 bits per heavy atom. The molecule has 1 aromatic heterocycles. The summed E-state index contributed by atoms with van der Waals surface area (Å²) in [7, 11) is 1.53. The van der Waals surface area contributed by atoms with E-state index >= 15 is 0 Å². The zero-order valence-corrected chi connectivity index (χ0v) is 17.9. The minimum atomic E-state index is -1.09. The van der Waals surface area contributed by atoms with Gasteiger partial charge >= 0.3 is 0 Å². The quantitative estimate of drug-likeness (QED) is 0.522. The monoisotopic (exact) mass is 442 g/mol. The average Bonchev–Trinajstić information content (AvgIpc) is 3.55. The van der Waals surface area contributed by atoms with Gasteiger partial charge in [0.05, 0.1) is 36.1 Å². The third-order valence-corrected chi connectivity index (χ3v) is 7.10. The molecule has 2 aromatic rings. The van der Waals surface area contributed by atoms with E-state index in [-0.39, 0.29) is 25.1 Å². The van der Waals surface area contributed by atoms with Crippen molar-refractivity contribution in [1.82, 2.24) is 30.5 Å². The Bertz CT molecular complexity index is 1090. The summed E-state index contributed by atoms with van der Waals surface area (Å²) in [4.78, 5) is 41.0. The third-order valence-electron chi connectivity index (χ3n) is 7.10. The highest BCUT2D eigenvalue weighted by Crippen LogP contribution is 2.58. The van der Waals surface area contributed by atoms with Gasteiger partial charge in [0.2, 0.25) is 17.7 Å². The van der Waals surface area contributed by atoms with E-state index in [1.54, 1.807) is 11.6 Å². The van der Waals surface area contributed by atoms with E-state index in [0.717, 1.165) is 5.52 Å². The van der Waals surface area contributed by atoms with Crippen molar-refractivity contribution in [2.24, 2.45) is 11.8 Å². The topological polar surface area (TPSA) is 139 Å². The molecule has 0 aliphatic carbocycles. The Kier molecular flexibility index (Phi) is 4.90. The molecule has 1 spiro atoms. The fraction of sp³-hybridized carbons (Fsp3) is 0.571. The number of amides is 3. The lowest BCUT2D eigenvalue weighted by atomic mass is 9.70. The van der Waals surface area contributed by atoms with Crippen LogP contribution in [0.5, 0.6) is 0 Å². The van der Waals surface area contributed by atoms with Crippen LogP contribution in [0.15, 0.2) is 24.3 Å². The normalized spacial score (nSPS) is 31.7. The number of fused-ring (bicyclic) bond motifs is 2. The van der Waals surface area contributed by atoms with E-state index in [2.05, 4.69) is 20.9 Å². The zero-order valence-electron chi connectivity index (χ0n) is 17.9. The van der Waals surface area contributed by atoms with Gasteiger partial charge in [0.25, 0.3) is 0 Å². The summed E-state index contributed by atoms with van der Waals surface area (Å²) >= 11 is 0. The van der Waals surface area contributed by atoms with Gasteiger partial charge in [0.1, 0.15) is 23.8 Å². The molecule has 170 valence electrons. The summed E-state index contributed by atoms with van der Waals surface area (Å²) in [5, 5.41) is 23.5. The van der Waals surface area contributed by atoms with E-state index in [1.165, 1.54) is 11.9 Å². The Labute approximate surface area is 184 Å². The number of likely N-dealkylation sites (tertiary alicyclic amines) is 1. The molecule has 3 saturated heterocycles. The van der Waals surface area contributed by atoms with Crippen LogP contribution >= 0.6 is 0 Å². The Morgan fingerprint density at radius 1 is 1.34 bits per heavy atom. The lowest BCUT2D eigenvalue weighted by molar-refractivity contribution is -0.145. The van der Waals surface area contributed by atoms with E-state index in [1.807, 2.05) is 24.3 Å². The molecule has 3 N–H and O–H groups in total. The van der Waals surface area contributed by atoms with Crippen molar-refractivity contribution in [1.29, 1.82) is 0 Å². The molecule has 0 radical (unpaired) electrons. The maximum atomic E-state index is 13.5. The van der Waals surface area contributed by atoms with Gasteiger partial charge in [0.15, 0.2) is 0 Å². The molecule has 32 heavy (non-hydrogen) atoms. The largest absolute Gasteiger partial charge is 0.394 e. The lowest BCUT2D eigenvalue weighted by Crippen LogP contribution is -2.57. The number of hydrogen-bond acceptors (Lipinski definition) is 7. The number of carbonyl (C=O) groups excluding carboxylic acids is 3. The number of benzene rings is 1. The molecule has 0 saturated carbocycles. The van der Waals surface area contributed by atoms with Crippen LogP contribution in [0.3, 0.4) is 0 Å². The van der Waals surface area contributed by atoms with Gasteiger partial charge in [-0.05, 0) is 31.9 Å². The second-order valence-corrected chi connectivity index (χ2v) is 8.72. The predicted molar refractivity (Wildman–Crippen MR) is 111 cm³/mol. The number of hydrogen-bond donors (Lipinski definition) is 3. The van der Waals surface area contributed by atoms with Crippen molar-refractivity contribution >= 4 is 28.8 Å². The molecule has 3 amide bonds. The zero-order chi connectivity index (χ0) is 22.6. The van der Waals surface area contributed by atoms with Gasteiger partial charge in [-0.1, -0.05) is 17.3 Å². The van der Waals surface area contributed by atoms with Gasteiger partial charge in [0, 0.05) is 7.05 Å². The SMILES string of the molecule is CNC(=O)[C@@H]1[C@@H]2CCC3(O2)C(C(=O)NCn2nnc4ccccc42)N([C@H](C)CO)C(=O)[C@H]13. The van der Waals surface area contributed by atoms with Gasteiger partial charge in [-0.3, -0.25) is 14.4 Å². The molecule has 1 aromatic carbocycles. The molecular weight excluding hydrogens is 416 g/mol.